The molecule has 3 aliphatic rings. The van der Waals surface area contributed by atoms with Crippen LogP contribution in [-0.4, -0.2) is 53.1 Å². The van der Waals surface area contributed by atoms with Gasteiger partial charge in [-0.3, -0.25) is 0 Å². The number of carbonyl (C=O) groups is 1. The van der Waals surface area contributed by atoms with Gasteiger partial charge in [-0.2, -0.15) is 0 Å². The normalized spacial score (nSPS) is 20.9. The van der Waals surface area contributed by atoms with Gasteiger partial charge < -0.3 is 15.1 Å². The Hall–Kier alpha value is -2.11. The second kappa shape index (κ2) is 6.18. The molecule has 122 valence electrons. The molecule has 1 saturated carbocycles. The Kier molecular flexibility index (Phi) is 3.89. The quantitative estimate of drug-likeness (QED) is 0.905. The fraction of sp³-hybridized carbons (Fsp3) is 0.588. The number of allylic oxidation sites excluding steroid dienone is 1. The SMILES string of the molecule is O=C(NC1CCCC1)N1CCN(c2ncnc3c2C=CC3)CC1. The van der Waals surface area contributed by atoms with Crippen molar-refractivity contribution < 1.29 is 4.79 Å². The van der Waals surface area contributed by atoms with Crippen LogP contribution in [0.3, 0.4) is 0 Å². The van der Waals surface area contributed by atoms with E-state index in [9.17, 15) is 4.79 Å². The van der Waals surface area contributed by atoms with E-state index < -0.39 is 0 Å². The van der Waals surface area contributed by atoms with Crippen LogP contribution in [0.5, 0.6) is 0 Å². The molecule has 2 aliphatic carbocycles. The Morgan fingerprint density at radius 2 is 1.91 bits per heavy atom. The summed E-state index contributed by atoms with van der Waals surface area (Å²) in [5, 5.41) is 3.18. The van der Waals surface area contributed by atoms with Gasteiger partial charge in [0.25, 0.3) is 0 Å². The van der Waals surface area contributed by atoms with Gasteiger partial charge in [-0.05, 0) is 12.8 Å². The number of piperazine rings is 1. The molecule has 1 saturated heterocycles. The van der Waals surface area contributed by atoms with E-state index in [1.807, 2.05) is 4.90 Å². The number of fused-ring (bicyclic) bond motifs is 1. The molecule has 0 radical (unpaired) electrons. The molecule has 2 amide bonds. The van der Waals surface area contributed by atoms with Crippen molar-refractivity contribution in [1.82, 2.24) is 20.2 Å². The molecule has 1 N–H and O–H groups in total. The number of hydrogen-bond acceptors (Lipinski definition) is 4. The van der Waals surface area contributed by atoms with Crippen molar-refractivity contribution in [2.75, 3.05) is 31.1 Å². The number of aromatic nitrogens is 2. The van der Waals surface area contributed by atoms with E-state index in [2.05, 4.69) is 32.3 Å². The lowest BCUT2D eigenvalue weighted by molar-refractivity contribution is 0.190. The van der Waals surface area contributed by atoms with Crippen molar-refractivity contribution in [3.05, 3.63) is 23.7 Å². The van der Waals surface area contributed by atoms with Crippen molar-refractivity contribution >= 4 is 17.9 Å². The van der Waals surface area contributed by atoms with Gasteiger partial charge in [-0.15, -0.1) is 0 Å². The summed E-state index contributed by atoms with van der Waals surface area (Å²) in [6.07, 6.45) is 11.5. The minimum atomic E-state index is 0.101. The molecule has 6 heteroatoms. The molecular weight excluding hydrogens is 290 g/mol. The largest absolute Gasteiger partial charge is 0.352 e. The fourth-order valence-electron chi connectivity index (χ4n) is 3.75. The number of urea groups is 1. The Morgan fingerprint density at radius 1 is 1.13 bits per heavy atom. The predicted octanol–water partition coefficient (Wildman–Crippen LogP) is 1.82. The van der Waals surface area contributed by atoms with Crippen LogP contribution in [0.1, 0.15) is 36.9 Å². The minimum Gasteiger partial charge on any atom is -0.352 e. The zero-order valence-corrected chi connectivity index (χ0v) is 13.4. The molecule has 1 aliphatic heterocycles. The summed E-state index contributed by atoms with van der Waals surface area (Å²) in [6.45, 7) is 3.16. The van der Waals surface area contributed by atoms with E-state index in [1.165, 1.54) is 12.8 Å². The molecule has 0 unspecified atom stereocenters. The van der Waals surface area contributed by atoms with Crippen LogP contribution >= 0.6 is 0 Å². The van der Waals surface area contributed by atoms with E-state index >= 15 is 0 Å². The smallest absolute Gasteiger partial charge is 0.317 e. The number of rotatable bonds is 2. The lowest BCUT2D eigenvalue weighted by Crippen LogP contribution is -2.53. The lowest BCUT2D eigenvalue weighted by Gasteiger charge is -2.36. The van der Waals surface area contributed by atoms with Crippen molar-refractivity contribution in [2.45, 2.75) is 38.1 Å². The Balaban J connectivity index is 1.37. The summed E-state index contributed by atoms with van der Waals surface area (Å²) >= 11 is 0. The third-order valence-electron chi connectivity index (χ3n) is 5.09. The maximum absolute atomic E-state index is 12.3. The number of hydrogen-bond donors (Lipinski definition) is 1. The summed E-state index contributed by atoms with van der Waals surface area (Å²) in [6, 6.07) is 0.486. The highest BCUT2D eigenvalue weighted by Crippen LogP contribution is 2.27. The maximum atomic E-state index is 12.3. The Morgan fingerprint density at radius 3 is 2.70 bits per heavy atom. The number of nitrogens with zero attached hydrogens (tertiary/aromatic N) is 4. The third-order valence-corrected chi connectivity index (χ3v) is 5.09. The van der Waals surface area contributed by atoms with Crippen LogP contribution in [0.15, 0.2) is 12.4 Å². The third kappa shape index (κ3) is 2.90. The highest BCUT2D eigenvalue weighted by Gasteiger charge is 2.26. The minimum absolute atomic E-state index is 0.101. The molecule has 23 heavy (non-hydrogen) atoms. The van der Waals surface area contributed by atoms with Crippen LogP contribution in [0.25, 0.3) is 6.08 Å². The van der Waals surface area contributed by atoms with E-state index in [-0.39, 0.29) is 6.03 Å². The van der Waals surface area contributed by atoms with Crippen LogP contribution in [0.4, 0.5) is 10.6 Å². The number of anilines is 1. The highest BCUT2D eigenvalue weighted by atomic mass is 16.2. The van der Waals surface area contributed by atoms with Crippen LogP contribution in [-0.2, 0) is 6.42 Å². The van der Waals surface area contributed by atoms with E-state index in [1.54, 1.807) is 6.33 Å². The molecular formula is C17H23N5O. The summed E-state index contributed by atoms with van der Waals surface area (Å²) < 4.78 is 0. The van der Waals surface area contributed by atoms with Crippen LogP contribution in [0.2, 0.25) is 0 Å². The molecule has 0 atom stereocenters. The molecule has 2 fully saturated rings. The fourth-order valence-corrected chi connectivity index (χ4v) is 3.75. The maximum Gasteiger partial charge on any atom is 0.317 e. The van der Waals surface area contributed by atoms with Gasteiger partial charge in [0.1, 0.15) is 12.1 Å². The topological polar surface area (TPSA) is 61.4 Å². The molecule has 0 bridgehead atoms. The Bertz CT molecular complexity index is 615. The van der Waals surface area contributed by atoms with Gasteiger partial charge in [-0.25, -0.2) is 14.8 Å². The van der Waals surface area contributed by atoms with E-state index in [0.29, 0.717) is 6.04 Å². The molecule has 1 aromatic rings. The van der Waals surface area contributed by atoms with Crippen LogP contribution < -0.4 is 10.2 Å². The first-order chi connectivity index (χ1) is 11.3. The summed E-state index contributed by atoms with van der Waals surface area (Å²) in [7, 11) is 0. The van der Waals surface area contributed by atoms with Gasteiger partial charge in [0.05, 0.1) is 5.69 Å². The summed E-state index contributed by atoms with van der Waals surface area (Å²) in [5.74, 6) is 1.01. The van der Waals surface area contributed by atoms with Crippen molar-refractivity contribution in [2.24, 2.45) is 0 Å². The summed E-state index contributed by atoms with van der Waals surface area (Å²) in [5.41, 5.74) is 2.26. The van der Waals surface area contributed by atoms with Crippen molar-refractivity contribution in [3.63, 3.8) is 0 Å². The van der Waals surface area contributed by atoms with E-state index in [4.69, 9.17) is 0 Å². The first-order valence-corrected chi connectivity index (χ1v) is 8.62. The predicted molar refractivity (Wildman–Crippen MR) is 89.3 cm³/mol. The lowest BCUT2D eigenvalue weighted by atomic mass is 10.2. The second-order valence-electron chi connectivity index (χ2n) is 6.57. The molecule has 6 nitrogen and oxygen atoms in total. The molecule has 0 spiro atoms. The average molecular weight is 313 g/mol. The van der Waals surface area contributed by atoms with E-state index in [0.717, 1.165) is 62.5 Å². The zero-order valence-electron chi connectivity index (χ0n) is 13.4. The Labute approximate surface area is 136 Å². The first-order valence-electron chi connectivity index (χ1n) is 8.62. The summed E-state index contributed by atoms with van der Waals surface area (Å²) in [4.78, 5) is 25.4. The highest BCUT2D eigenvalue weighted by molar-refractivity contribution is 5.75. The van der Waals surface area contributed by atoms with Gasteiger partial charge in [0, 0.05) is 44.2 Å². The average Bonchev–Trinajstić information content (AvgIpc) is 3.25. The zero-order chi connectivity index (χ0) is 15.6. The van der Waals surface area contributed by atoms with Crippen molar-refractivity contribution in [1.29, 1.82) is 0 Å². The number of nitrogens with one attached hydrogen (secondary N) is 1. The van der Waals surface area contributed by atoms with Crippen molar-refractivity contribution in [3.8, 4) is 0 Å². The molecule has 2 heterocycles. The van der Waals surface area contributed by atoms with Crippen LogP contribution in [0, 0.1) is 0 Å². The van der Waals surface area contributed by atoms with Gasteiger partial charge in [0.15, 0.2) is 0 Å². The molecule has 0 aromatic carbocycles. The second-order valence-corrected chi connectivity index (χ2v) is 6.57. The van der Waals surface area contributed by atoms with Gasteiger partial charge >= 0.3 is 6.03 Å². The molecule has 1 aromatic heterocycles. The van der Waals surface area contributed by atoms with Gasteiger partial charge in [-0.1, -0.05) is 25.0 Å². The molecule has 4 rings (SSSR count). The first kappa shape index (κ1) is 14.5. The monoisotopic (exact) mass is 313 g/mol. The van der Waals surface area contributed by atoms with Gasteiger partial charge in [0.2, 0.25) is 0 Å². The standard InChI is InChI=1S/C17H23N5O/c23-17(20-13-4-1-2-5-13)22-10-8-21(9-11-22)16-14-6-3-7-15(14)18-12-19-16/h3,6,12-13H,1-2,4-5,7-11H2,(H,20,23). The number of amides is 2. The number of carbonyl (C=O) groups excluding carboxylic acids is 1.